The van der Waals surface area contributed by atoms with Gasteiger partial charge in [-0.15, -0.1) is 0 Å². The first kappa shape index (κ1) is 32.2. The summed E-state index contributed by atoms with van der Waals surface area (Å²) in [5, 5.41) is 0. The molecule has 0 radical (unpaired) electrons. The van der Waals surface area contributed by atoms with Crippen LogP contribution in [0.5, 0.6) is 5.75 Å². The third-order valence-electron chi connectivity index (χ3n) is 7.27. The Bertz CT molecular complexity index is 843. The number of alkyl halides is 1. The van der Waals surface area contributed by atoms with Crippen LogP contribution in [0.1, 0.15) is 135 Å². The van der Waals surface area contributed by atoms with Crippen molar-refractivity contribution in [3.05, 3.63) is 42.0 Å². The summed E-state index contributed by atoms with van der Waals surface area (Å²) in [6.07, 6.45) is 25.0. The highest BCUT2D eigenvalue weighted by Gasteiger charge is 2.11. The van der Waals surface area contributed by atoms with E-state index in [1.54, 1.807) is 12.1 Å². The van der Waals surface area contributed by atoms with Crippen LogP contribution in [0, 0.1) is 5.82 Å². The molecule has 2 aromatic rings. The molecular formula is C33H52F2N2O. The summed E-state index contributed by atoms with van der Waals surface area (Å²) in [5.74, 6) is 0.186. The summed E-state index contributed by atoms with van der Waals surface area (Å²) in [5.41, 5.74) is 1.74. The zero-order valence-electron chi connectivity index (χ0n) is 24.2. The average Bonchev–Trinajstić information content (AvgIpc) is 2.93. The largest absolute Gasteiger partial charge is 0.490 e. The van der Waals surface area contributed by atoms with Crippen LogP contribution in [-0.2, 0) is 6.42 Å². The highest BCUT2D eigenvalue weighted by Crippen LogP contribution is 2.24. The van der Waals surface area contributed by atoms with E-state index < -0.39 is 12.0 Å². The topological polar surface area (TPSA) is 35.0 Å². The van der Waals surface area contributed by atoms with Crippen LogP contribution in [0.25, 0.3) is 11.4 Å². The first-order valence-corrected chi connectivity index (χ1v) is 15.5. The molecule has 0 saturated carbocycles. The van der Waals surface area contributed by atoms with Gasteiger partial charge in [0.05, 0.1) is 6.61 Å². The number of nitrogens with zero attached hydrogens (tertiary/aromatic N) is 2. The summed E-state index contributed by atoms with van der Waals surface area (Å²) in [7, 11) is 0. The van der Waals surface area contributed by atoms with Crippen LogP contribution in [0.2, 0.25) is 0 Å². The van der Waals surface area contributed by atoms with E-state index in [9.17, 15) is 8.78 Å². The van der Waals surface area contributed by atoms with Crippen molar-refractivity contribution in [2.45, 2.75) is 142 Å². The molecule has 38 heavy (non-hydrogen) atoms. The number of hydrogen-bond donors (Lipinski definition) is 0. The third kappa shape index (κ3) is 14.2. The lowest BCUT2D eigenvalue weighted by atomic mass is 10.0. The van der Waals surface area contributed by atoms with Gasteiger partial charge in [-0.05, 0) is 43.0 Å². The van der Waals surface area contributed by atoms with Gasteiger partial charge in [0.1, 0.15) is 6.17 Å². The standard InChI is InChI=1S/C33H52F2N2O/c1-3-5-7-9-10-11-12-13-14-15-16-17-19-28-26-36-33(37-27-28)29-21-22-32(31(35)25-29)38-24-23-30(34)20-18-8-6-4-2/h21-22,25-27,30H,3-20,23-24H2,1-2H3. The van der Waals surface area contributed by atoms with Crippen LogP contribution >= 0.6 is 0 Å². The monoisotopic (exact) mass is 530 g/mol. The van der Waals surface area contributed by atoms with E-state index >= 15 is 0 Å². The second-order valence-electron chi connectivity index (χ2n) is 10.8. The quantitative estimate of drug-likeness (QED) is 0.134. The molecule has 0 spiro atoms. The second kappa shape index (κ2) is 20.9. The number of benzene rings is 1. The number of aromatic nitrogens is 2. The lowest BCUT2D eigenvalue weighted by molar-refractivity contribution is 0.217. The van der Waals surface area contributed by atoms with Gasteiger partial charge >= 0.3 is 0 Å². The van der Waals surface area contributed by atoms with Crippen molar-refractivity contribution in [1.29, 1.82) is 0 Å². The maximum Gasteiger partial charge on any atom is 0.165 e. The fourth-order valence-electron chi connectivity index (χ4n) is 4.79. The molecule has 0 fully saturated rings. The first-order valence-electron chi connectivity index (χ1n) is 15.5. The molecule has 1 unspecified atom stereocenters. The minimum absolute atomic E-state index is 0.149. The number of aryl methyl sites for hydroxylation is 1. The molecule has 1 atom stereocenters. The molecular weight excluding hydrogens is 478 g/mol. The van der Waals surface area contributed by atoms with Crippen LogP contribution < -0.4 is 4.74 Å². The summed E-state index contributed by atoms with van der Waals surface area (Å²) in [4.78, 5) is 8.91. The van der Waals surface area contributed by atoms with E-state index in [4.69, 9.17) is 4.74 Å². The van der Waals surface area contributed by atoms with Gasteiger partial charge in [-0.2, -0.15) is 0 Å². The number of halogens is 2. The Labute approximate surface area is 231 Å². The fraction of sp³-hybridized carbons (Fsp3) is 0.697. The molecule has 0 aliphatic rings. The smallest absolute Gasteiger partial charge is 0.165 e. The molecule has 0 aliphatic carbocycles. The Morgan fingerprint density at radius 3 is 1.84 bits per heavy atom. The summed E-state index contributed by atoms with van der Waals surface area (Å²) in [6.45, 7) is 4.59. The van der Waals surface area contributed by atoms with E-state index in [0.717, 1.165) is 44.1 Å². The Morgan fingerprint density at radius 1 is 0.711 bits per heavy atom. The van der Waals surface area contributed by atoms with Gasteiger partial charge in [0.25, 0.3) is 0 Å². The average molecular weight is 531 g/mol. The van der Waals surface area contributed by atoms with E-state index in [2.05, 4.69) is 23.8 Å². The van der Waals surface area contributed by atoms with Crippen molar-refractivity contribution in [3.8, 4) is 17.1 Å². The molecule has 214 valence electrons. The summed E-state index contributed by atoms with van der Waals surface area (Å²) < 4.78 is 34.0. The van der Waals surface area contributed by atoms with Gasteiger partial charge in [-0.3, -0.25) is 0 Å². The number of hydrogen-bond acceptors (Lipinski definition) is 3. The van der Waals surface area contributed by atoms with Gasteiger partial charge < -0.3 is 4.74 Å². The first-order chi connectivity index (χ1) is 18.6. The van der Waals surface area contributed by atoms with E-state index in [1.165, 1.54) is 76.7 Å². The zero-order valence-corrected chi connectivity index (χ0v) is 24.2. The lowest BCUT2D eigenvalue weighted by Gasteiger charge is -2.11. The number of ether oxygens (including phenoxy) is 1. The molecule has 3 nitrogen and oxygen atoms in total. The molecule has 2 rings (SSSR count). The Balaban J connectivity index is 1.61. The highest BCUT2D eigenvalue weighted by molar-refractivity contribution is 5.56. The molecule has 1 heterocycles. The van der Waals surface area contributed by atoms with Crippen LogP contribution in [0.15, 0.2) is 30.6 Å². The minimum Gasteiger partial charge on any atom is -0.490 e. The van der Waals surface area contributed by atoms with Gasteiger partial charge in [0.2, 0.25) is 0 Å². The van der Waals surface area contributed by atoms with Crippen LogP contribution in [-0.4, -0.2) is 22.7 Å². The maximum absolute atomic E-state index is 14.6. The summed E-state index contributed by atoms with van der Waals surface area (Å²) >= 11 is 0. The zero-order chi connectivity index (χ0) is 27.3. The second-order valence-corrected chi connectivity index (χ2v) is 10.8. The number of rotatable bonds is 23. The van der Waals surface area contributed by atoms with Gasteiger partial charge in [-0.25, -0.2) is 18.7 Å². The lowest BCUT2D eigenvalue weighted by Crippen LogP contribution is -2.08. The molecule has 0 aliphatic heterocycles. The van der Waals surface area contributed by atoms with Crippen molar-refractivity contribution in [2.75, 3.05) is 6.61 Å². The van der Waals surface area contributed by atoms with Crippen molar-refractivity contribution < 1.29 is 13.5 Å². The summed E-state index contributed by atoms with van der Waals surface area (Å²) in [6, 6.07) is 4.74. The van der Waals surface area contributed by atoms with Crippen molar-refractivity contribution >= 4 is 0 Å². The molecule has 5 heteroatoms. The third-order valence-corrected chi connectivity index (χ3v) is 7.27. The predicted molar refractivity (Wildman–Crippen MR) is 156 cm³/mol. The Kier molecular flexibility index (Phi) is 17.7. The van der Waals surface area contributed by atoms with E-state index in [0.29, 0.717) is 17.8 Å². The van der Waals surface area contributed by atoms with Crippen molar-refractivity contribution in [3.63, 3.8) is 0 Å². The van der Waals surface area contributed by atoms with E-state index in [1.807, 2.05) is 12.4 Å². The Morgan fingerprint density at radius 2 is 1.26 bits per heavy atom. The van der Waals surface area contributed by atoms with Crippen molar-refractivity contribution in [2.24, 2.45) is 0 Å². The minimum atomic E-state index is -0.893. The van der Waals surface area contributed by atoms with Gasteiger partial charge in [0, 0.05) is 24.4 Å². The normalized spacial score (nSPS) is 12.1. The van der Waals surface area contributed by atoms with Gasteiger partial charge in [0.15, 0.2) is 17.4 Å². The fourth-order valence-corrected chi connectivity index (χ4v) is 4.79. The van der Waals surface area contributed by atoms with Crippen LogP contribution in [0.3, 0.4) is 0 Å². The molecule has 0 N–H and O–H groups in total. The molecule has 1 aromatic carbocycles. The van der Waals surface area contributed by atoms with Crippen LogP contribution in [0.4, 0.5) is 8.78 Å². The molecule has 1 aromatic heterocycles. The SMILES string of the molecule is CCCCCCCCCCCCCCc1cnc(-c2ccc(OCCC(F)CCCCCC)c(F)c2)nc1. The highest BCUT2D eigenvalue weighted by atomic mass is 19.1. The molecule has 0 saturated heterocycles. The van der Waals surface area contributed by atoms with Crippen molar-refractivity contribution in [1.82, 2.24) is 9.97 Å². The van der Waals surface area contributed by atoms with E-state index in [-0.39, 0.29) is 18.8 Å². The Hall–Kier alpha value is -2.04. The molecule has 0 bridgehead atoms. The molecule has 0 amide bonds. The van der Waals surface area contributed by atoms with Gasteiger partial charge in [-0.1, -0.05) is 110 Å². The predicted octanol–water partition coefficient (Wildman–Crippen LogP) is 10.6. The number of unbranched alkanes of at least 4 members (excludes halogenated alkanes) is 14. The maximum atomic E-state index is 14.6.